The molecule has 3 nitrogen and oxygen atoms in total. The van der Waals surface area contributed by atoms with Crippen LogP contribution in [0.25, 0.3) is 0 Å². The quantitative estimate of drug-likeness (QED) is 0.904. The normalized spacial score (nSPS) is 20.6. The van der Waals surface area contributed by atoms with Crippen molar-refractivity contribution >= 4 is 11.5 Å². The minimum absolute atomic E-state index is 0.00936. The topological polar surface area (TPSA) is 42.2 Å². The van der Waals surface area contributed by atoms with E-state index >= 15 is 0 Å². The number of Topliss-reactive ketones (excluding diaryl/α,β-unsaturated/α-hetero) is 1. The maximum atomic E-state index is 12.2. The summed E-state index contributed by atoms with van der Waals surface area (Å²) in [6.07, 6.45) is 5.43. The lowest BCUT2D eigenvalue weighted by Gasteiger charge is -2.29. The molecule has 1 aromatic carbocycles. The third kappa shape index (κ3) is 2.77. The number of ketones is 1. The number of hydrogen-bond acceptors (Lipinski definition) is 3. The van der Waals surface area contributed by atoms with Crippen molar-refractivity contribution in [2.75, 3.05) is 5.32 Å². The molecule has 2 atom stereocenters. The maximum Gasteiger partial charge on any atom is 0.138 e. The van der Waals surface area contributed by atoms with Crippen molar-refractivity contribution in [3.63, 3.8) is 0 Å². The molecule has 0 saturated heterocycles. The van der Waals surface area contributed by atoms with Gasteiger partial charge in [-0.1, -0.05) is 24.6 Å². The first kappa shape index (κ1) is 13.0. The van der Waals surface area contributed by atoms with Crippen LogP contribution in [-0.2, 0) is 4.79 Å². The van der Waals surface area contributed by atoms with Gasteiger partial charge < -0.3 is 9.73 Å². The Morgan fingerprint density at radius 3 is 2.65 bits per heavy atom. The number of anilines is 1. The highest BCUT2D eigenvalue weighted by Crippen LogP contribution is 2.34. The van der Waals surface area contributed by atoms with Gasteiger partial charge in [0.05, 0.1) is 12.3 Å². The van der Waals surface area contributed by atoms with Crippen LogP contribution < -0.4 is 5.32 Å². The van der Waals surface area contributed by atoms with E-state index in [1.807, 2.05) is 42.5 Å². The molecular weight excluding hydrogens is 250 g/mol. The zero-order valence-electron chi connectivity index (χ0n) is 11.4. The Hall–Kier alpha value is -2.03. The van der Waals surface area contributed by atoms with E-state index < -0.39 is 0 Å². The summed E-state index contributed by atoms with van der Waals surface area (Å²) < 4.78 is 5.55. The van der Waals surface area contributed by atoms with Crippen LogP contribution in [0.2, 0.25) is 0 Å². The van der Waals surface area contributed by atoms with Crippen LogP contribution in [0, 0.1) is 5.92 Å². The van der Waals surface area contributed by atoms with Gasteiger partial charge in [0.15, 0.2) is 0 Å². The van der Waals surface area contributed by atoms with Crippen molar-refractivity contribution in [3.05, 3.63) is 54.5 Å². The summed E-state index contributed by atoms with van der Waals surface area (Å²) >= 11 is 0. The minimum Gasteiger partial charge on any atom is -0.467 e. The van der Waals surface area contributed by atoms with Crippen LogP contribution in [0.4, 0.5) is 5.69 Å². The van der Waals surface area contributed by atoms with Crippen LogP contribution in [0.15, 0.2) is 53.1 Å². The zero-order valence-corrected chi connectivity index (χ0v) is 11.4. The highest BCUT2D eigenvalue weighted by atomic mass is 16.3. The Kier molecular flexibility index (Phi) is 3.86. The molecule has 0 radical (unpaired) electrons. The van der Waals surface area contributed by atoms with Crippen molar-refractivity contribution in [3.8, 4) is 0 Å². The van der Waals surface area contributed by atoms with E-state index in [-0.39, 0.29) is 12.0 Å². The fourth-order valence-electron chi connectivity index (χ4n) is 2.91. The molecule has 1 saturated carbocycles. The smallest absolute Gasteiger partial charge is 0.138 e. The molecule has 104 valence electrons. The molecule has 1 aliphatic rings. The average molecular weight is 269 g/mol. The van der Waals surface area contributed by atoms with Crippen molar-refractivity contribution in [2.24, 2.45) is 5.92 Å². The lowest BCUT2D eigenvalue weighted by Crippen LogP contribution is -2.30. The molecule has 1 aromatic heterocycles. The number of carbonyl (C=O) groups excluding carboxylic acids is 1. The lowest BCUT2D eigenvalue weighted by molar-refractivity contribution is -0.125. The zero-order chi connectivity index (χ0) is 13.8. The van der Waals surface area contributed by atoms with Gasteiger partial charge in [0.25, 0.3) is 0 Å². The molecule has 2 unspecified atom stereocenters. The number of carbonyl (C=O) groups is 1. The Morgan fingerprint density at radius 2 is 1.95 bits per heavy atom. The van der Waals surface area contributed by atoms with Crippen LogP contribution in [0.5, 0.6) is 0 Å². The Bertz CT molecular complexity index is 548. The number of nitrogens with one attached hydrogen (secondary N) is 1. The van der Waals surface area contributed by atoms with Gasteiger partial charge in [0.2, 0.25) is 0 Å². The number of benzene rings is 1. The molecule has 0 amide bonds. The standard InChI is InChI=1S/C17H19NO2/c19-15-10-5-4-9-14(15)17(16-11-6-12-20-16)18-13-7-2-1-3-8-13/h1-3,6-8,11-12,14,17-18H,4-5,9-10H2. The molecule has 1 N–H and O–H groups in total. The second kappa shape index (κ2) is 5.95. The second-order valence-electron chi connectivity index (χ2n) is 5.32. The molecule has 0 spiro atoms. The van der Waals surface area contributed by atoms with Crippen molar-refractivity contribution in [2.45, 2.75) is 31.7 Å². The van der Waals surface area contributed by atoms with E-state index in [2.05, 4.69) is 5.32 Å². The summed E-state index contributed by atoms with van der Waals surface area (Å²) in [5, 5.41) is 3.47. The number of hydrogen-bond donors (Lipinski definition) is 1. The fourth-order valence-corrected chi connectivity index (χ4v) is 2.91. The summed E-state index contributed by atoms with van der Waals surface area (Å²) in [5.74, 6) is 1.20. The number of furan rings is 1. The van der Waals surface area contributed by atoms with Gasteiger partial charge in [-0.3, -0.25) is 4.79 Å². The molecule has 1 fully saturated rings. The molecule has 0 bridgehead atoms. The Balaban J connectivity index is 1.86. The summed E-state index contributed by atoms with van der Waals surface area (Å²) in [4.78, 5) is 12.2. The van der Waals surface area contributed by atoms with E-state index in [4.69, 9.17) is 4.42 Å². The Labute approximate surface area is 119 Å². The third-order valence-electron chi connectivity index (χ3n) is 3.95. The molecule has 1 aliphatic carbocycles. The fraction of sp³-hybridized carbons (Fsp3) is 0.353. The largest absolute Gasteiger partial charge is 0.467 e. The minimum atomic E-state index is -0.0693. The van der Waals surface area contributed by atoms with Crippen molar-refractivity contribution in [1.29, 1.82) is 0 Å². The number of rotatable bonds is 4. The van der Waals surface area contributed by atoms with Crippen LogP contribution in [0.3, 0.4) is 0 Å². The van der Waals surface area contributed by atoms with Crippen LogP contribution in [0.1, 0.15) is 37.5 Å². The van der Waals surface area contributed by atoms with E-state index in [9.17, 15) is 4.79 Å². The summed E-state index contributed by atoms with van der Waals surface area (Å²) in [6, 6.07) is 13.8. The first-order valence-corrected chi connectivity index (χ1v) is 7.22. The highest BCUT2D eigenvalue weighted by Gasteiger charge is 2.32. The average Bonchev–Trinajstić information content (AvgIpc) is 3.01. The predicted molar refractivity (Wildman–Crippen MR) is 78.5 cm³/mol. The van der Waals surface area contributed by atoms with Gasteiger partial charge >= 0.3 is 0 Å². The van der Waals surface area contributed by atoms with E-state index in [1.54, 1.807) is 6.26 Å². The molecule has 2 aromatic rings. The SMILES string of the molecule is O=C1CCCCC1C(Nc1ccccc1)c1ccco1. The molecular formula is C17H19NO2. The van der Waals surface area contributed by atoms with Gasteiger partial charge in [-0.2, -0.15) is 0 Å². The molecule has 1 heterocycles. The summed E-state index contributed by atoms with van der Waals surface area (Å²) in [7, 11) is 0. The van der Waals surface area contributed by atoms with Gasteiger partial charge in [0.1, 0.15) is 11.5 Å². The maximum absolute atomic E-state index is 12.2. The molecule has 0 aliphatic heterocycles. The Morgan fingerprint density at radius 1 is 1.10 bits per heavy atom. The molecule has 3 rings (SSSR count). The predicted octanol–water partition coefficient (Wildman–Crippen LogP) is 4.19. The van der Waals surface area contributed by atoms with Gasteiger partial charge in [-0.15, -0.1) is 0 Å². The monoisotopic (exact) mass is 269 g/mol. The highest BCUT2D eigenvalue weighted by molar-refractivity contribution is 5.83. The van der Waals surface area contributed by atoms with Crippen molar-refractivity contribution < 1.29 is 9.21 Å². The summed E-state index contributed by atoms with van der Waals surface area (Å²) in [6.45, 7) is 0. The van der Waals surface area contributed by atoms with Gasteiger partial charge in [-0.05, 0) is 37.1 Å². The van der Waals surface area contributed by atoms with Gasteiger partial charge in [0, 0.05) is 18.0 Å². The number of para-hydroxylation sites is 1. The second-order valence-corrected chi connectivity index (χ2v) is 5.32. The van der Waals surface area contributed by atoms with Crippen LogP contribution in [-0.4, -0.2) is 5.78 Å². The molecule has 20 heavy (non-hydrogen) atoms. The van der Waals surface area contributed by atoms with Crippen LogP contribution >= 0.6 is 0 Å². The summed E-state index contributed by atoms with van der Waals surface area (Å²) in [5.41, 5.74) is 1.02. The first-order chi connectivity index (χ1) is 9.84. The van der Waals surface area contributed by atoms with E-state index in [1.165, 1.54) is 0 Å². The van der Waals surface area contributed by atoms with Crippen molar-refractivity contribution in [1.82, 2.24) is 0 Å². The third-order valence-corrected chi connectivity index (χ3v) is 3.95. The van der Waals surface area contributed by atoms with E-state index in [0.717, 1.165) is 30.7 Å². The van der Waals surface area contributed by atoms with E-state index in [0.29, 0.717) is 12.2 Å². The first-order valence-electron chi connectivity index (χ1n) is 7.22. The molecule has 3 heteroatoms. The lowest BCUT2D eigenvalue weighted by atomic mass is 9.81. The van der Waals surface area contributed by atoms with Gasteiger partial charge in [-0.25, -0.2) is 0 Å².